The van der Waals surface area contributed by atoms with Crippen molar-refractivity contribution in [1.82, 2.24) is 10.2 Å². The smallest absolute Gasteiger partial charge is 0.324 e. The van der Waals surface area contributed by atoms with Crippen molar-refractivity contribution in [2.45, 2.75) is 26.3 Å². The van der Waals surface area contributed by atoms with E-state index in [4.69, 9.17) is 0 Å². The molecule has 72 valence electrons. The van der Waals surface area contributed by atoms with E-state index in [2.05, 4.69) is 5.32 Å². The first-order valence-electron chi connectivity index (χ1n) is 4.14. The molecule has 3 amide bonds. The summed E-state index contributed by atoms with van der Waals surface area (Å²) in [5.74, 6) is -0.475. The summed E-state index contributed by atoms with van der Waals surface area (Å²) in [6.45, 7) is 3.27. The zero-order chi connectivity index (χ0) is 10.0. The highest BCUT2D eigenvalue weighted by Crippen LogP contribution is 2.07. The Morgan fingerprint density at radius 1 is 1.54 bits per heavy atom. The largest absolute Gasteiger partial charge is 0.337 e. The number of rotatable bonds is 2. The number of Topliss-reactive ketones (excluding diaryl/α,β-unsaturated/α-hetero) is 1. The Morgan fingerprint density at radius 3 is 2.62 bits per heavy atom. The van der Waals surface area contributed by atoms with Gasteiger partial charge in [0, 0.05) is 13.0 Å². The molecular formula is C8H12N2O3. The molecule has 1 aliphatic heterocycles. The third-order valence-electron chi connectivity index (χ3n) is 2.08. The Balaban J connectivity index is 2.80. The average Bonchev–Trinajstić information content (AvgIpc) is 2.03. The Bertz CT molecular complexity index is 246. The van der Waals surface area contributed by atoms with E-state index in [-0.39, 0.29) is 18.1 Å². The summed E-state index contributed by atoms with van der Waals surface area (Å²) in [6.07, 6.45) is 0.267. The van der Waals surface area contributed by atoms with Crippen molar-refractivity contribution >= 4 is 17.7 Å². The molecule has 1 aliphatic rings. The standard InChI is InChI=1S/C8H12N2O3/c1-5(6(2)11)10-7(12)3-4-9-8(10)13/h5H,3-4H2,1-2H3,(H,9,13). The third-order valence-corrected chi connectivity index (χ3v) is 2.08. The van der Waals surface area contributed by atoms with Crippen LogP contribution in [0.5, 0.6) is 0 Å². The van der Waals surface area contributed by atoms with E-state index in [1.54, 1.807) is 6.92 Å². The molecule has 1 N–H and O–H groups in total. The van der Waals surface area contributed by atoms with Crippen LogP contribution in [-0.4, -0.2) is 35.2 Å². The van der Waals surface area contributed by atoms with Crippen LogP contribution in [0.1, 0.15) is 20.3 Å². The maximum atomic E-state index is 11.3. The van der Waals surface area contributed by atoms with Gasteiger partial charge in [-0.05, 0) is 13.8 Å². The van der Waals surface area contributed by atoms with Gasteiger partial charge in [0.05, 0.1) is 6.04 Å². The molecule has 0 aliphatic carbocycles. The van der Waals surface area contributed by atoms with Gasteiger partial charge >= 0.3 is 6.03 Å². The quantitative estimate of drug-likeness (QED) is 0.652. The van der Waals surface area contributed by atoms with Crippen molar-refractivity contribution in [2.24, 2.45) is 0 Å². The lowest BCUT2D eigenvalue weighted by atomic mass is 10.2. The van der Waals surface area contributed by atoms with Crippen LogP contribution >= 0.6 is 0 Å². The lowest BCUT2D eigenvalue weighted by Crippen LogP contribution is -2.55. The second-order valence-electron chi connectivity index (χ2n) is 3.03. The fourth-order valence-electron chi connectivity index (χ4n) is 1.17. The Kier molecular flexibility index (Phi) is 2.65. The molecule has 0 aromatic carbocycles. The molecule has 0 aromatic rings. The van der Waals surface area contributed by atoms with E-state index >= 15 is 0 Å². The van der Waals surface area contributed by atoms with Gasteiger partial charge in [0.15, 0.2) is 5.78 Å². The van der Waals surface area contributed by atoms with Crippen molar-refractivity contribution < 1.29 is 14.4 Å². The van der Waals surface area contributed by atoms with Crippen LogP contribution in [0.2, 0.25) is 0 Å². The topological polar surface area (TPSA) is 66.5 Å². The summed E-state index contributed by atoms with van der Waals surface area (Å²) < 4.78 is 0. The molecule has 0 bridgehead atoms. The molecular weight excluding hydrogens is 172 g/mol. The van der Waals surface area contributed by atoms with Gasteiger partial charge in [-0.2, -0.15) is 0 Å². The fourth-order valence-corrected chi connectivity index (χ4v) is 1.17. The van der Waals surface area contributed by atoms with Gasteiger partial charge in [-0.15, -0.1) is 0 Å². The molecule has 0 aromatic heterocycles. The molecule has 1 rings (SSSR count). The molecule has 1 atom stereocenters. The predicted octanol–water partition coefficient (Wildman–Crippen LogP) is -0.0942. The first-order valence-corrected chi connectivity index (χ1v) is 4.14. The summed E-state index contributed by atoms with van der Waals surface area (Å²) in [7, 11) is 0. The van der Waals surface area contributed by atoms with Gasteiger partial charge in [-0.1, -0.05) is 0 Å². The molecule has 13 heavy (non-hydrogen) atoms. The number of hydrogen-bond acceptors (Lipinski definition) is 3. The van der Waals surface area contributed by atoms with Crippen molar-refractivity contribution in [1.29, 1.82) is 0 Å². The van der Waals surface area contributed by atoms with Gasteiger partial charge < -0.3 is 5.32 Å². The maximum absolute atomic E-state index is 11.3. The van der Waals surface area contributed by atoms with Crippen LogP contribution in [0.15, 0.2) is 0 Å². The summed E-state index contributed by atoms with van der Waals surface area (Å²) in [4.78, 5) is 34.4. The second kappa shape index (κ2) is 3.55. The maximum Gasteiger partial charge on any atom is 0.324 e. The van der Waals surface area contributed by atoms with Crippen molar-refractivity contribution in [3.63, 3.8) is 0 Å². The number of urea groups is 1. The molecule has 0 saturated carbocycles. The van der Waals surface area contributed by atoms with E-state index < -0.39 is 12.1 Å². The molecule has 1 saturated heterocycles. The van der Waals surface area contributed by atoms with Gasteiger partial charge in [0.2, 0.25) is 5.91 Å². The highest BCUT2D eigenvalue weighted by atomic mass is 16.2. The number of hydrogen-bond donors (Lipinski definition) is 1. The first-order chi connectivity index (χ1) is 6.04. The Morgan fingerprint density at radius 2 is 2.15 bits per heavy atom. The minimum absolute atomic E-state index is 0.189. The van der Waals surface area contributed by atoms with Crippen LogP contribution in [0.25, 0.3) is 0 Å². The third kappa shape index (κ3) is 1.85. The van der Waals surface area contributed by atoms with Crippen LogP contribution < -0.4 is 5.32 Å². The molecule has 1 unspecified atom stereocenters. The number of ketones is 1. The fraction of sp³-hybridized carbons (Fsp3) is 0.625. The molecule has 5 heteroatoms. The SMILES string of the molecule is CC(=O)C(C)N1C(=O)CCNC1=O. The van der Waals surface area contributed by atoms with Crippen molar-refractivity contribution in [3.8, 4) is 0 Å². The van der Waals surface area contributed by atoms with Crippen LogP contribution in [0, 0.1) is 0 Å². The minimum Gasteiger partial charge on any atom is -0.337 e. The van der Waals surface area contributed by atoms with E-state index in [9.17, 15) is 14.4 Å². The first kappa shape index (κ1) is 9.70. The highest BCUT2D eigenvalue weighted by molar-refractivity contribution is 6.01. The molecule has 5 nitrogen and oxygen atoms in total. The number of nitrogens with one attached hydrogen (secondary N) is 1. The molecule has 1 heterocycles. The van der Waals surface area contributed by atoms with Crippen LogP contribution in [0.3, 0.4) is 0 Å². The van der Waals surface area contributed by atoms with E-state index in [1.165, 1.54) is 6.92 Å². The van der Waals surface area contributed by atoms with Crippen LogP contribution in [-0.2, 0) is 9.59 Å². The lowest BCUT2D eigenvalue weighted by molar-refractivity contribution is -0.135. The van der Waals surface area contributed by atoms with Crippen molar-refractivity contribution in [3.05, 3.63) is 0 Å². The normalized spacial score (nSPS) is 19.7. The van der Waals surface area contributed by atoms with E-state index in [0.29, 0.717) is 6.54 Å². The van der Waals surface area contributed by atoms with Gasteiger partial charge in [0.25, 0.3) is 0 Å². The summed E-state index contributed by atoms with van der Waals surface area (Å²) in [6, 6.07) is -1.13. The average molecular weight is 184 g/mol. The minimum atomic E-state index is -0.659. The number of carbonyl (C=O) groups is 3. The number of amides is 3. The number of carbonyl (C=O) groups excluding carboxylic acids is 3. The molecule has 0 radical (unpaired) electrons. The van der Waals surface area contributed by atoms with Gasteiger partial charge in [-0.25, -0.2) is 4.79 Å². The summed E-state index contributed by atoms with van der Waals surface area (Å²) >= 11 is 0. The molecule has 0 spiro atoms. The molecule has 1 fully saturated rings. The van der Waals surface area contributed by atoms with Crippen LogP contribution in [0.4, 0.5) is 4.79 Å². The van der Waals surface area contributed by atoms with Gasteiger partial charge in [-0.3, -0.25) is 14.5 Å². The lowest BCUT2D eigenvalue weighted by Gasteiger charge is -2.29. The Hall–Kier alpha value is -1.39. The van der Waals surface area contributed by atoms with Crippen molar-refractivity contribution in [2.75, 3.05) is 6.54 Å². The predicted molar refractivity (Wildman–Crippen MR) is 45.0 cm³/mol. The number of nitrogens with zero attached hydrogens (tertiary/aromatic N) is 1. The highest BCUT2D eigenvalue weighted by Gasteiger charge is 2.31. The zero-order valence-corrected chi connectivity index (χ0v) is 7.66. The Labute approximate surface area is 76.1 Å². The van der Waals surface area contributed by atoms with E-state index in [1.807, 2.05) is 0 Å². The summed E-state index contributed by atoms with van der Waals surface area (Å²) in [5.41, 5.74) is 0. The number of imide groups is 1. The monoisotopic (exact) mass is 184 g/mol. The van der Waals surface area contributed by atoms with Gasteiger partial charge in [0.1, 0.15) is 0 Å². The zero-order valence-electron chi connectivity index (χ0n) is 7.66. The second-order valence-corrected chi connectivity index (χ2v) is 3.03. The summed E-state index contributed by atoms with van der Waals surface area (Å²) in [5, 5.41) is 2.51. The van der Waals surface area contributed by atoms with E-state index in [0.717, 1.165) is 4.90 Å².